The molecule has 0 fully saturated rings. The summed E-state index contributed by atoms with van der Waals surface area (Å²) in [6.07, 6.45) is 3.41. The summed E-state index contributed by atoms with van der Waals surface area (Å²) in [6, 6.07) is 0.578. The maximum absolute atomic E-state index is 4.71. The molecule has 0 saturated carbocycles. The second kappa shape index (κ2) is 6.97. The molecule has 0 aliphatic heterocycles. The Balaban J connectivity index is 2.73. The quantitative estimate of drug-likeness (QED) is 0.811. The SMILES string of the molecule is CCCc1nc(N(C)C)sc1CNC(C)CC. The number of rotatable bonds is 7. The highest BCUT2D eigenvalue weighted by Crippen LogP contribution is 2.26. The minimum atomic E-state index is 0.578. The van der Waals surface area contributed by atoms with E-state index in [1.165, 1.54) is 17.0 Å². The van der Waals surface area contributed by atoms with Crippen molar-refractivity contribution in [3.63, 3.8) is 0 Å². The van der Waals surface area contributed by atoms with Crippen molar-refractivity contribution in [2.45, 2.75) is 52.6 Å². The van der Waals surface area contributed by atoms with E-state index in [0.717, 1.165) is 24.5 Å². The molecule has 17 heavy (non-hydrogen) atoms. The Hall–Kier alpha value is -0.610. The predicted octanol–water partition coefficient (Wildman–Crippen LogP) is 3.05. The van der Waals surface area contributed by atoms with E-state index >= 15 is 0 Å². The minimum absolute atomic E-state index is 0.578. The summed E-state index contributed by atoms with van der Waals surface area (Å²) >= 11 is 1.81. The van der Waals surface area contributed by atoms with E-state index in [2.05, 4.69) is 45.1 Å². The van der Waals surface area contributed by atoms with Crippen LogP contribution in [0, 0.1) is 0 Å². The molecule has 0 bridgehead atoms. The third kappa shape index (κ3) is 4.28. The zero-order valence-corrected chi connectivity index (χ0v) is 12.5. The fourth-order valence-corrected chi connectivity index (χ4v) is 2.52. The van der Waals surface area contributed by atoms with Crippen LogP contribution in [-0.4, -0.2) is 25.1 Å². The molecule has 0 amide bonds. The predicted molar refractivity (Wildman–Crippen MR) is 77.0 cm³/mol. The molecule has 3 nitrogen and oxygen atoms in total. The Morgan fingerprint density at radius 1 is 1.35 bits per heavy atom. The molecule has 1 heterocycles. The van der Waals surface area contributed by atoms with Crippen LogP contribution in [0.1, 0.15) is 44.2 Å². The first kappa shape index (κ1) is 14.5. The van der Waals surface area contributed by atoms with E-state index in [9.17, 15) is 0 Å². The van der Waals surface area contributed by atoms with E-state index in [-0.39, 0.29) is 0 Å². The Morgan fingerprint density at radius 2 is 2.06 bits per heavy atom. The lowest BCUT2D eigenvalue weighted by molar-refractivity contribution is 0.535. The fraction of sp³-hybridized carbons (Fsp3) is 0.769. The molecule has 98 valence electrons. The Kier molecular flexibility index (Phi) is 5.92. The van der Waals surface area contributed by atoms with Gasteiger partial charge in [0.2, 0.25) is 0 Å². The molecule has 1 unspecified atom stereocenters. The smallest absolute Gasteiger partial charge is 0.185 e. The molecular weight excluding hydrogens is 230 g/mol. The summed E-state index contributed by atoms with van der Waals surface area (Å²) in [6.45, 7) is 7.60. The summed E-state index contributed by atoms with van der Waals surface area (Å²) < 4.78 is 0. The van der Waals surface area contributed by atoms with Crippen molar-refractivity contribution in [2.24, 2.45) is 0 Å². The molecule has 0 aliphatic carbocycles. The minimum Gasteiger partial charge on any atom is -0.354 e. The highest BCUT2D eigenvalue weighted by Gasteiger charge is 2.12. The van der Waals surface area contributed by atoms with Crippen LogP contribution in [0.5, 0.6) is 0 Å². The molecule has 0 spiro atoms. The van der Waals surface area contributed by atoms with Gasteiger partial charge in [-0.2, -0.15) is 0 Å². The lowest BCUT2D eigenvalue weighted by Crippen LogP contribution is -2.24. The zero-order chi connectivity index (χ0) is 12.8. The molecule has 4 heteroatoms. The standard InChI is InChI=1S/C13H25N3S/c1-6-8-11-12(9-14-10(3)7-2)17-13(15-11)16(4)5/h10,14H,6-9H2,1-5H3. The number of hydrogen-bond donors (Lipinski definition) is 1. The highest BCUT2D eigenvalue weighted by molar-refractivity contribution is 7.15. The van der Waals surface area contributed by atoms with Crippen LogP contribution in [-0.2, 0) is 13.0 Å². The topological polar surface area (TPSA) is 28.2 Å². The van der Waals surface area contributed by atoms with Gasteiger partial charge in [-0.25, -0.2) is 4.98 Å². The summed E-state index contributed by atoms with van der Waals surface area (Å²) in [4.78, 5) is 8.20. The van der Waals surface area contributed by atoms with Gasteiger partial charge in [0.05, 0.1) is 5.69 Å². The lowest BCUT2D eigenvalue weighted by atomic mass is 10.2. The second-order valence-corrected chi connectivity index (χ2v) is 5.76. The van der Waals surface area contributed by atoms with E-state index in [1.54, 1.807) is 0 Å². The van der Waals surface area contributed by atoms with Crippen molar-refractivity contribution in [2.75, 3.05) is 19.0 Å². The van der Waals surface area contributed by atoms with E-state index in [1.807, 2.05) is 11.3 Å². The maximum atomic E-state index is 4.71. The number of aromatic nitrogens is 1. The number of nitrogens with zero attached hydrogens (tertiary/aromatic N) is 2. The number of aryl methyl sites for hydroxylation is 1. The van der Waals surface area contributed by atoms with Crippen LogP contribution >= 0.6 is 11.3 Å². The van der Waals surface area contributed by atoms with E-state index in [0.29, 0.717) is 6.04 Å². The first-order chi connectivity index (χ1) is 8.08. The maximum Gasteiger partial charge on any atom is 0.185 e. The normalized spacial score (nSPS) is 12.8. The van der Waals surface area contributed by atoms with E-state index in [4.69, 9.17) is 4.98 Å². The van der Waals surface area contributed by atoms with Crippen molar-refractivity contribution < 1.29 is 0 Å². The molecule has 1 aromatic rings. The van der Waals surface area contributed by atoms with Gasteiger partial charge in [-0.1, -0.05) is 20.3 Å². The van der Waals surface area contributed by atoms with Crippen molar-refractivity contribution >= 4 is 16.5 Å². The van der Waals surface area contributed by atoms with Crippen LogP contribution in [0.25, 0.3) is 0 Å². The van der Waals surface area contributed by atoms with Gasteiger partial charge in [-0.3, -0.25) is 0 Å². The molecule has 0 saturated heterocycles. The third-order valence-electron chi connectivity index (χ3n) is 2.86. The molecule has 1 aromatic heterocycles. The summed E-state index contributed by atoms with van der Waals surface area (Å²) in [5, 5.41) is 4.67. The average Bonchev–Trinajstić information content (AvgIpc) is 2.70. The molecule has 1 rings (SSSR count). The summed E-state index contributed by atoms with van der Waals surface area (Å²) in [5.74, 6) is 0. The fourth-order valence-electron chi connectivity index (χ4n) is 1.54. The van der Waals surface area contributed by atoms with Gasteiger partial charge < -0.3 is 10.2 Å². The van der Waals surface area contributed by atoms with Gasteiger partial charge in [-0.05, 0) is 19.8 Å². The first-order valence-electron chi connectivity index (χ1n) is 6.47. The molecule has 1 atom stereocenters. The molecule has 1 N–H and O–H groups in total. The molecular formula is C13H25N3S. The lowest BCUT2D eigenvalue weighted by Gasteiger charge is -2.10. The largest absolute Gasteiger partial charge is 0.354 e. The monoisotopic (exact) mass is 255 g/mol. The first-order valence-corrected chi connectivity index (χ1v) is 7.29. The van der Waals surface area contributed by atoms with Crippen molar-refractivity contribution in [3.05, 3.63) is 10.6 Å². The second-order valence-electron chi connectivity index (χ2n) is 4.70. The van der Waals surface area contributed by atoms with Crippen LogP contribution in [0.3, 0.4) is 0 Å². The number of nitrogens with one attached hydrogen (secondary N) is 1. The van der Waals surface area contributed by atoms with Crippen molar-refractivity contribution in [1.82, 2.24) is 10.3 Å². The molecule has 0 radical (unpaired) electrons. The highest BCUT2D eigenvalue weighted by atomic mass is 32.1. The van der Waals surface area contributed by atoms with Gasteiger partial charge in [0.1, 0.15) is 0 Å². The molecule has 0 aliphatic rings. The summed E-state index contributed by atoms with van der Waals surface area (Å²) in [5.41, 5.74) is 1.28. The Labute approximate surface area is 109 Å². The van der Waals surface area contributed by atoms with Gasteiger partial charge >= 0.3 is 0 Å². The van der Waals surface area contributed by atoms with Crippen LogP contribution in [0.4, 0.5) is 5.13 Å². The zero-order valence-electron chi connectivity index (χ0n) is 11.7. The van der Waals surface area contributed by atoms with Crippen molar-refractivity contribution in [1.29, 1.82) is 0 Å². The number of anilines is 1. The Morgan fingerprint density at radius 3 is 2.59 bits per heavy atom. The van der Waals surface area contributed by atoms with Crippen LogP contribution in [0.15, 0.2) is 0 Å². The number of thiazole rings is 1. The van der Waals surface area contributed by atoms with Crippen LogP contribution in [0.2, 0.25) is 0 Å². The average molecular weight is 255 g/mol. The van der Waals surface area contributed by atoms with Gasteiger partial charge in [0.25, 0.3) is 0 Å². The summed E-state index contributed by atoms with van der Waals surface area (Å²) in [7, 11) is 4.11. The van der Waals surface area contributed by atoms with Gasteiger partial charge in [0.15, 0.2) is 5.13 Å². The Bertz CT molecular complexity index is 333. The van der Waals surface area contributed by atoms with E-state index < -0.39 is 0 Å². The number of hydrogen-bond acceptors (Lipinski definition) is 4. The molecule has 0 aromatic carbocycles. The van der Waals surface area contributed by atoms with Gasteiger partial charge in [-0.15, -0.1) is 11.3 Å². The van der Waals surface area contributed by atoms with Crippen molar-refractivity contribution in [3.8, 4) is 0 Å². The van der Waals surface area contributed by atoms with Crippen LogP contribution < -0.4 is 10.2 Å². The third-order valence-corrected chi connectivity index (χ3v) is 4.13. The van der Waals surface area contributed by atoms with Gasteiger partial charge in [0, 0.05) is 31.6 Å².